The summed E-state index contributed by atoms with van der Waals surface area (Å²) in [6.07, 6.45) is 4.38. The minimum absolute atomic E-state index is 1.07. The highest BCUT2D eigenvalue weighted by Gasteiger charge is 1.92. The lowest BCUT2D eigenvalue weighted by Crippen LogP contribution is -2.18. The summed E-state index contributed by atoms with van der Waals surface area (Å²) in [7, 11) is 0. The number of nitrogens with zero attached hydrogens (tertiary/aromatic N) is 1. The zero-order valence-corrected chi connectivity index (χ0v) is 9.52. The van der Waals surface area contributed by atoms with E-state index in [4.69, 9.17) is 0 Å². The van der Waals surface area contributed by atoms with Crippen LogP contribution < -0.4 is 5.32 Å². The average Bonchev–Trinajstić information content (AvgIpc) is 2.25. The number of nitrogens with one attached hydrogen (secondary N) is 1. The highest BCUT2D eigenvalue weighted by atomic mass is 32.2. The van der Waals surface area contributed by atoms with Crippen molar-refractivity contribution in [2.24, 2.45) is 0 Å². The highest BCUT2D eigenvalue weighted by molar-refractivity contribution is 7.99. The molecule has 0 fully saturated rings. The quantitative estimate of drug-likeness (QED) is 0.553. The predicted octanol–water partition coefficient (Wildman–Crippen LogP) is 2.56. The van der Waals surface area contributed by atoms with E-state index in [1.54, 1.807) is 11.8 Å². The molecule has 0 amide bonds. The fourth-order valence-corrected chi connectivity index (χ4v) is 1.85. The second-order valence-electron chi connectivity index (χ2n) is 3.12. The Labute approximate surface area is 90.5 Å². The van der Waals surface area contributed by atoms with E-state index in [1.807, 2.05) is 18.3 Å². The monoisotopic (exact) mass is 210 g/mol. The first-order chi connectivity index (χ1) is 6.93. The van der Waals surface area contributed by atoms with Crippen molar-refractivity contribution < 1.29 is 0 Å². The highest BCUT2D eigenvalue weighted by Crippen LogP contribution is 2.12. The van der Waals surface area contributed by atoms with Gasteiger partial charge < -0.3 is 5.32 Å². The second-order valence-corrected chi connectivity index (χ2v) is 4.24. The average molecular weight is 210 g/mol. The SMILES string of the molecule is CCCCNCCSc1ccccn1. The molecule has 3 heteroatoms. The zero-order valence-electron chi connectivity index (χ0n) is 8.70. The first-order valence-electron chi connectivity index (χ1n) is 5.18. The van der Waals surface area contributed by atoms with Gasteiger partial charge in [0.25, 0.3) is 0 Å². The molecular formula is C11H18N2S. The predicted molar refractivity (Wildman–Crippen MR) is 62.7 cm³/mol. The molecule has 1 aromatic rings. The van der Waals surface area contributed by atoms with Gasteiger partial charge in [0.1, 0.15) is 0 Å². The topological polar surface area (TPSA) is 24.9 Å². The Hall–Kier alpha value is -0.540. The van der Waals surface area contributed by atoms with Gasteiger partial charge in [0.05, 0.1) is 5.03 Å². The van der Waals surface area contributed by atoms with Gasteiger partial charge in [-0.1, -0.05) is 19.4 Å². The standard InChI is InChI=1S/C11H18N2S/c1-2-3-7-12-9-10-14-11-6-4-5-8-13-11/h4-6,8,12H,2-3,7,9-10H2,1H3. The van der Waals surface area contributed by atoms with Gasteiger partial charge in [-0.2, -0.15) is 0 Å². The van der Waals surface area contributed by atoms with Crippen LogP contribution in [0.1, 0.15) is 19.8 Å². The molecule has 0 saturated carbocycles. The Kier molecular flexibility index (Phi) is 6.45. The van der Waals surface area contributed by atoms with Gasteiger partial charge in [-0.15, -0.1) is 11.8 Å². The van der Waals surface area contributed by atoms with E-state index in [9.17, 15) is 0 Å². The number of hydrogen-bond acceptors (Lipinski definition) is 3. The van der Waals surface area contributed by atoms with Crippen LogP contribution in [-0.4, -0.2) is 23.8 Å². The largest absolute Gasteiger partial charge is 0.316 e. The van der Waals surface area contributed by atoms with Crippen LogP contribution in [0.3, 0.4) is 0 Å². The maximum absolute atomic E-state index is 4.25. The van der Waals surface area contributed by atoms with Crippen LogP contribution in [0.2, 0.25) is 0 Å². The molecule has 0 bridgehead atoms. The summed E-state index contributed by atoms with van der Waals surface area (Å²) in [6.45, 7) is 4.42. The molecule has 1 aromatic heterocycles. The van der Waals surface area contributed by atoms with E-state index in [0.717, 1.165) is 23.9 Å². The first kappa shape index (κ1) is 11.5. The third kappa shape index (κ3) is 5.25. The number of thioether (sulfide) groups is 1. The lowest BCUT2D eigenvalue weighted by atomic mass is 10.3. The van der Waals surface area contributed by atoms with Gasteiger partial charge in [-0.3, -0.25) is 0 Å². The summed E-state index contributed by atoms with van der Waals surface area (Å²) in [5.74, 6) is 1.10. The van der Waals surface area contributed by atoms with Gasteiger partial charge in [-0.25, -0.2) is 4.98 Å². The second kappa shape index (κ2) is 7.83. The summed E-state index contributed by atoms with van der Waals surface area (Å²) in [4.78, 5) is 4.25. The van der Waals surface area contributed by atoms with Crippen LogP contribution in [0.15, 0.2) is 29.4 Å². The first-order valence-corrected chi connectivity index (χ1v) is 6.16. The van der Waals surface area contributed by atoms with Gasteiger partial charge >= 0.3 is 0 Å². The van der Waals surface area contributed by atoms with E-state index < -0.39 is 0 Å². The Balaban J connectivity index is 1.99. The van der Waals surface area contributed by atoms with Crippen LogP contribution in [0.5, 0.6) is 0 Å². The fourth-order valence-electron chi connectivity index (χ4n) is 1.09. The lowest BCUT2D eigenvalue weighted by molar-refractivity contribution is 0.666. The van der Waals surface area contributed by atoms with E-state index in [2.05, 4.69) is 23.3 Å². The molecule has 1 N–H and O–H groups in total. The number of hydrogen-bond donors (Lipinski definition) is 1. The van der Waals surface area contributed by atoms with Crippen molar-refractivity contribution in [3.8, 4) is 0 Å². The molecule has 0 aromatic carbocycles. The minimum atomic E-state index is 1.07. The fraction of sp³-hybridized carbons (Fsp3) is 0.545. The van der Waals surface area contributed by atoms with Crippen molar-refractivity contribution in [3.05, 3.63) is 24.4 Å². The summed E-state index contributed by atoms with van der Waals surface area (Å²) in [5.41, 5.74) is 0. The van der Waals surface area contributed by atoms with Crippen molar-refractivity contribution in [3.63, 3.8) is 0 Å². The van der Waals surface area contributed by atoms with E-state index in [-0.39, 0.29) is 0 Å². The van der Waals surface area contributed by atoms with Crippen LogP contribution >= 0.6 is 11.8 Å². The van der Waals surface area contributed by atoms with Crippen LogP contribution in [0.4, 0.5) is 0 Å². The molecule has 0 unspecified atom stereocenters. The smallest absolute Gasteiger partial charge is 0.0960 e. The molecule has 0 aliphatic heterocycles. The van der Waals surface area contributed by atoms with E-state index >= 15 is 0 Å². The molecule has 0 spiro atoms. The van der Waals surface area contributed by atoms with Crippen molar-refractivity contribution in [1.29, 1.82) is 0 Å². The Morgan fingerprint density at radius 2 is 2.29 bits per heavy atom. The Morgan fingerprint density at radius 1 is 1.36 bits per heavy atom. The van der Waals surface area contributed by atoms with Gasteiger partial charge in [0, 0.05) is 18.5 Å². The Morgan fingerprint density at radius 3 is 3.00 bits per heavy atom. The third-order valence-electron chi connectivity index (χ3n) is 1.87. The van der Waals surface area contributed by atoms with Crippen molar-refractivity contribution >= 4 is 11.8 Å². The van der Waals surface area contributed by atoms with Crippen molar-refractivity contribution in [1.82, 2.24) is 10.3 Å². The number of aromatic nitrogens is 1. The maximum Gasteiger partial charge on any atom is 0.0960 e. The van der Waals surface area contributed by atoms with Crippen LogP contribution in [-0.2, 0) is 0 Å². The van der Waals surface area contributed by atoms with Gasteiger partial charge in [0.2, 0.25) is 0 Å². The number of unbranched alkanes of at least 4 members (excludes halogenated alkanes) is 1. The summed E-state index contributed by atoms with van der Waals surface area (Å²) in [6, 6.07) is 6.03. The molecule has 0 saturated heterocycles. The Bertz CT molecular complexity index is 226. The molecular weight excluding hydrogens is 192 g/mol. The van der Waals surface area contributed by atoms with Crippen molar-refractivity contribution in [2.75, 3.05) is 18.8 Å². The van der Waals surface area contributed by atoms with Gasteiger partial charge in [-0.05, 0) is 25.1 Å². The molecule has 0 atom stereocenters. The molecule has 78 valence electrons. The zero-order chi connectivity index (χ0) is 10.1. The molecule has 1 rings (SSSR count). The van der Waals surface area contributed by atoms with E-state index in [1.165, 1.54) is 12.8 Å². The third-order valence-corrected chi connectivity index (χ3v) is 2.82. The summed E-state index contributed by atoms with van der Waals surface area (Å²) >= 11 is 1.80. The van der Waals surface area contributed by atoms with Crippen LogP contribution in [0, 0.1) is 0 Å². The molecule has 0 aliphatic rings. The normalized spacial score (nSPS) is 10.4. The lowest BCUT2D eigenvalue weighted by Gasteiger charge is -2.02. The molecule has 2 nitrogen and oxygen atoms in total. The molecule has 1 heterocycles. The van der Waals surface area contributed by atoms with Gasteiger partial charge in [0.15, 0.2) is 0 Å². The number of rotatable bonds is 7. The molecule has 0 aliphatic carbocycles. The minimum Gasteiger partial charge on any atom is -0.316 e. The summed E-state index contributed by atoms with van der Waals surface area (Å²) < 4.78 is 0. The van der Waals surface area contributed by atoms with Crippen LogP contribution in [0.25, 0.3) is 0 Å². The maximum atomic E-state index is 4.25. The molecule has 14 heavy (non-hydrogen) atoms. The van der Waals surface area contributed by atoms with E-state index in [0.29, 0.717) is 0 Å². The number of pyridine rings is 1. The van der Waals surface area contributed by atoms with Crippen molar-refractivity contribution in [2.45, 2.75) is 24.8 Å². The molecule has 0 radical (unpaired) electrons. The summed E-state index contributed by atoms with van der Waals surface area (Å²) in [5, 5.41) is 4.52.